The number of rotatable bonds is 4. The van der Waals surface area contributed by atoms with Gasteiger partial charge in [-0.2, -0.15) is 0 Å². The van der Waals surface area contributed by atoms with Crippen molar-refractivity contribution in [1.29, 1.82) is 0 Å². The first-order chi connectivity index (χ1) is 17.0. The maximum atomic E-state index is 13.1. The first-order valence-corrected chi connectivity index (χ1v) is 11.9. The van der Waals surface area contributed by atoms with Gasteiger partial charge in [-0.05, 0) is 60.2 Å². The minimum atomic E-state index is -0.389. The van der Waals surface area contributed by atoms with Crippen LogP contribution in [0.5, 0.6) is 0 Å². The molecule has 190 valence electrons. The van der Waals surface area contributed by atoms with Crippen LogP contribution in [0.25, 0.3) is 0 Å². The lowest BCUT2D eigenvalue weighted by Crippen LogP contribution is -2.26. The lowest BCUT2D eigenvalue weighted by molar-refractivity contribution is -0.0757. The summed E-state index contributed by atoms with van der Waals surface area (Å²) in [6.45, 7) is 3.53. The quantitative estimate of drug-likeness (QED) is 0.191. The summed E-state index contributed by atoms with van der Waals surface area (Å²) in [5.74, 6) is -0.774. The molecule has 4 aromatic rings. The van der Waals surface area contributed by atoms with Crippen LogP contribution in [-0.4, -0.2) is 50.0 Å². The van der Waals surface area contributed by atoms with Crippen LogP contribution in [0.2, 0.25) is 0 Å². The van der Waals surface area contributed by atoms with E-state index in [0.717, 1.165) is 14.3 Å². The summed E-state index contributed by atoms with van der Waals surface area (Å²) in [5.41, 5.74) is 2.91. The summed E-state index contributed by atoms with van der Waals surface area (Å²) in [6.07, 6.45) is 7.09. The molecule has 8 nitrogen and oxygen atoms in total. The van der Waals surface area contributed by atoms with Gasteiger partial charge in [-0.15, -0.1) is 0 Å². The number of amides is 1. The van der Waals surface area contributed by atoms with Crippen molar-refractivity contribution in [3.63, 3.8) is 0 Å². The van der Waals surface area contributed by atoms with Crippen LogP contribution in [0.4, 0.5) is 4.39 Å². The molecule has 0 saturated carbocycles. The van der Waals surface area contributed by atoms with Gasteiger partial charge in [0.15, 0.2) is 0 Å². The molecular weight excluding hydrogens is 576 g/mol. The third kappa shape index (κ3) is 8.38. The lowest BCUT2D eigenvalue weighted by Gasteiger charge is -2.14. The van der Waals surface area contributed by atoms with Crippen LogP contribution >= 0.6 is 22.6 Å². The summed E-state index contributed by atoms with van der Waals surface area (Å²) in [6, 6.07) is 11.9. The maximum Gasteiger partial charge on any atom is 0.277 e. The normalized spacial score (nSPS) is 10.0. The van der Waals surface area contributed by atoms with Crippen LogP contribution in [0.1, 0.15) is 37.5 Å². The predicted molar refractivity (Wildman–Crippen MR) is 144 cm³/mol. The lowest BCUT2D eigenvalue weighted by atomic mass is 10.1. The SMILES string of the molecule is CON(C)C(=O)c1cccc(F)c1C.Cc1cccc(C(=O)c2cn(C)cn2)c1.Cn1cnc(I)c1. The van der Waals surface area contributed by atoms with Gasteiger partial charge < -0.3 is 9.13 Å². The van der Waals surface area contributed by atoms with E-state index in [2.05, 4.69) is 32.6 Å². The molecule has 2 heterocycles. The second-order valence-corrected chi connectivity index (χ2v) is 8.99. The predicted octanol–water partition coefficient (Wildman–Crippen LogP) is 4.75. The Morgan fingerprint density at radius 2 is 1.64 bits per heavy atom. The number of carbonyl (C=O) groups is 2. The largest absolute Gasteiger partial charge is 0.340 e. The van der Waals surface area contributed by atoms with Gasteiger partial charge in [-0.25, -0.2) is 19.4 Å². The Bertz CT molecular complexity index is 1300. The number of aromatic nitrogens is 4. The average molecular weight is 605 g/mol. The van der Waals surface area contributed by atoms with E-state index in [-0.39, 0.29) is 17.5 Å². The zero-order chi connectivity index (χ0) is 26.8. The van der Waals surface area contributed by atoms with Gasteiger partial charge in [0, 0.05) is 44.7 Å². The van der Waals surface area contributed by atoms with Crippen molar-refractivity contribution in [1.82, 2.24) is 24.2 Å². The molecule has 2 aromatic heterocycles. The van der Waals surface area contributed by atoms with Gasteiger partial charge >= 0.3 is 0 Å². The first-order valence-electron chi connectivity index (χ1n) is 10.8. The highest BCUT2D eigenvalue weighted by molar-refractivity contribution is 14.1. The van der Waals surface area contributed by atoms with E-state index in [0.29, 0.717) is 22.4 Å². The topological polar surface area (TPSA) is 82.3 Å². The number of aryl methyl sites for hydroxylation is 3. The van der Waals surface area contributed by atoms with Crippen LogP contribution in [0.3, 0.4) is 0 Å². The first kappa shape index (κ1) is 28.9. The van der Waals surface area contributed by atoms with E-state index in [1.54, 1.807) is 36.4 Å². The highest BCUT2D eigenvalue weighted by atomic mass is 127. The summed E-state index contributed by atoms with van der Waals surface area (Å²) in [5, 5.41) is 1.06. The van der Waals surface area contributed by atoms with Gasteiger partial charge in [0.05, 0.1) is 19.8 Å². The molecule has 4 rings (SSSR count). The van der Waals surface area contributed by atoms with Crippen LogP contribution < -0.4 is 0 Å². The molecule has 0 aliphatic heterocycles. The van der Waals surface area contributed by atoms with Crippen LogP contribution in [-0.2, 0) is 18.9 Å². The maximum absolute atomic E-state index is 13.1. The molecule has 0 radical (unpaired) electrons. The minimum absolute atomic E-state index is 0.0284. The third-order valence-corrected chi connectivity index (χ3v) is 5.51. The van der Waals surface area contributed by atoms with Crippen molar-refractivity contribution in [2.45, 2.75) is 13.8 Å². The summed E-state index contributed by atoms with van der Waals surface area (Å²) >= 11 is 2.17. The van der Waals surface area contributed by atoms with E-state index in [1.807, 2.05) is 56.0 Å². The molecule has 0 aliphatic carbocycles. The second-order valence-electron chi connectivity index (χ2n) is 7.88. The fourth-order valence-corrected chi connectivity index (χ4v) is 3.50. The number of imidazole rings is 2. The van der Waals surface area contributed by atoms with Crippen molar-refractivity contribution in [3.05, 3.63) is 105 Å². The number of hydroxylamine groups is 2. The number of benzene rings is 2. The molecule has 0 atom stereocenters. The molecule has 0 unspecified atom stereocenters. The van der Waals surface area contributed by atoms with Crippen molar-refractivity contribution in [3.8, 4) is 0 Å². The molecule has 2 aromatic carbocycles. The summed E-state index contributed by atoms with van der Waals surface area (Å²) in [4.78, 5) is 36.2. The van der Waals surface area contributed by atoms with E-state index in [4.69, 9.17) is 4.84 Å². The zero-order valence-electron chi connectivity index (χ0n) is 21.1. The van der Waals surface area contributed by atoms with Gasteiger partial charge in [0.2, 0.25) is 5.78 Å². The molecule has 0 aliphatic rings. The zero-order valence-corrected chi connectivity index (χ0v) is 23.2. The van der Waals surface area contributed by atoms with Crippen molar-refractivity contribution in [2.75, 3.05) is 14.2 Å². The van der Waals surface area contributed by atoms with Crippen molar-refractivity contribution >= 4 is 34.3 Å². The molecule has 10 heteroatoms. The fourth-order valence-electron chi connectivity index (χ4n) is 2.94. The molecular formula is C26H29FIN5O3. The second kappa shape index (κ2) is 13.6. The Morgan fingerprint density at radius 1 is 1.00 bits per heavy atom. The van der Waals surface area contributed by atoms with Crippen molar-refractivity contribution in [2.24, 2.45) is 14.1 Å². The minimum Gasteiger partial charge on any atom is -0.340 e. The Hall–Kier alpha value is -3.38. The molecule has 0 fully saturated rings. The van der Waals surface area contributed by atoms with E-state index >= 15 is 0 Å². The Morgan fingerprint density at radius 3 is 2.14 bits per heavy atom. The van der Waals surface area contributed by atoms with Crippen LogP contribution in [0.15, 0.2) is 67.5 Å². The molecule has 0 spiro atoms. The van der Waals surface area contributed by atoms with Crippen molar-refractivity contribution < 1.29 is 18.8 Å². The number of ketones is 1. The van der Waals surface area contributed by atoms with Gasteiger partial charge in [0.1, 0.15) is 15.2 Å². The molecule has 1 amide bonds. The average Bonchev–Trinajstić information content (AvgIpc) is 3.47. The van der Waals surface area contributed by atoms with Gasteiger partial charge in [-0.3, -0.25) is 14.4 Å². The molecule has 0 bridgehead atoms. The van der Waals surface area contributed by atoms with Gasteiger partial charge in [0.25, 0.3) is 5.91 Å². The Balaban J connectivity index is 0.000000202. The highest BCUT2D eigenvalue weighted by Gasteiger charge is 2.15. The highest BCUT2D eigenvalue weighted by Crippen LogP contribution is 2.14. The molecule has 0 saturated heterocycles. The third-order valence-electron chi connectivity index (χ3n) is 4.95. The number of hydrogen-bond acceptors (Lipinski definition) is 5. The smallest absolute Gasteiger partial charge is 0.277 e. The van der Waals surface area contributed by atoms with E-state index in [1.165, 1.54) is 26.3 Å². The van der Waals surface area contributed by atoms with Crippen LogP contribution in [0, 0.1) is 23.4 Å². The number of carbonyl (C=O) groups excluding carboxylic acids is 2. The van der Waals surface area contributed by atoms with Gasteiger partial charge in [-0.1, -0.05) is 29.8 Å². The summed E-state index contributed by atoms with van der Waals surface area (Å²) in [7, 11) is 6.66. The monoisotopic (exact) mass is 605 g/mol. The molecule has 0 N–H and O–H groups in total. The Kier molecular flexibility index (Phi) is 10.9. The van der Waals surface area contributed by atoms with E-state index in [9.17, 15) is 14.0 Å². The number of nitrogens with zero attached hydrogens (tertiary/aromatic N) is 5. The fraction of sp³-hybridized carbons (Fsp3) is 0.231. The molecule has 36 heavy (non-hydrogen) atoms. The van der Waals surface area contributed by atoms with E-state index < -0.39 is 0 Å². The summed E-state index contributed by atoms with van der Waals surface area (Å²) < 4.78 is 17.8. The Labute approximate surface area is 223 Å². The number of halogens is 2. The number of hydrogen-bond donors (Lipinski definition) is 0. The standard InChI is InChI=1S/C12H12N2O.C10H12FNO2.C4H5IN2/c1-9-4-3-5-10(6-9)12(15)11-7-14(2)8-13-11;1-7-8(5-4-6-9(7)11)10(13)12(2)14-3;1-7-2-4(5)6-3-7/h3-8H,1-2H3;4-6H,1-3H3;2-3H,1H3.